The van der Waals surface area contributed by atoms with Crippen molar-refractivity contribution in [1.82, 2.24) is 0 Å². The molecule has 2 N–H and O–H groups in total. The van der Waals surface area contributed by atoms with Crippen LogP contribution in [0.4, 0.5) is 0 Å². The van der Waals surface area contributed by atoms with Gasteiger partial charge in [-0.15, -0.1) is 0 Å². The number of nitrogens with two attached hydrogens (primary N) is 1. The highest BCUT2D eigenvalue weighted by Crippen LogP contribution is 2.35. The number of fused-ring (bicyclic) bond motifs is 1. The first-order valence-corrected chi connectivity index (χ1v) is 4.17. The Morgan fingerprint density at radius 2 is 2.55 bits per heavy atom. The molecule has 1 unspecified atom stereocenters. The average Bonchev–Trinajstić information content (AvgIpc) is 2.45. The maximum absolute atomic E-state index is 5.69. The zero-order chi connectivity index (χ0) is 7.84. The summed E-state index contributed by atoms with van der Waals surface area (Å²) in [5, 5.41) is 0.494. The summed E-state index contributed by atoms with van der Waals surface area (Å²) in [6.45, 7) is 0.664. The molecule has 0 radical (unpaired) electrons. The number of rotatable bonds is 1. The van der Waals surface area contributed by atoms with E-state index >= 15 is 0 Å². The van der Waals surface area contributed by atoms with Crippen molar-refractivity contribution < 1.29 is 4.42 Å². The van der Waals surface area contributed by atoms with Crippen LogP contribution in [0.1, 0.15) is 23.7 Å². The highest BCUT2D eigenvalue weighted by molar-refractivity contribution is 6.28. The van der Waals surface area contributed by atoms with Crippen LogP contribution in [0.25, 0.3) is 0 Å². The lowest BCUT2D eigenvalue weighted by atomic mass is 10.1. The molecule has 11 heavy (non-hydrogen) atoms. The Balaban J connectivity index is 2.37. The van der Waals surface area contributed by atoms with E-state index in [4.69, 9.17) is 21.8 Å². The van der Waals surface area contributed by atoms with Gasteiger partial charge in [-0.3, -0.25) is 0 Å². The van der Waals surface area contributed by atoms with Gasteiger partial charge in [0.15, 0.2) is 5.22 Å². The molecule has 0 aromatic carbocycles. The smallest absolute Gasteiger partial charge is 0.193 e. The molecule has 1 atom stereocenters. The van der Waals surface area contributed by atoms with Gasteiger partial charge in [0.2, 0.25) is 0 Å². The van der Waals surface area contributed by atoms with Gasteiger partial charge in [-0.25, -0.2) is 0 Å². The van der Waals surface area contributed by atoms with Crippen molar-refractivity contribution in [2.24, 2.45) is 5.73 Å². The minimum absolute atomic E-state index is 0.400. The van der Waals surface area contributed by atoms with Crippen LogP contribution in [-0.4, -0.2) is 6.54 Å². The molecule has 0 saturated heterocycles. The van der Waals surface area contributed by atoms with Crippen LogP contribution in [0.2, 0.25) is 5.22 Å². The highest BCUT2D eigenvalue weighted by Gasteiger charge is 2.25. The Morgan fingerprint density at radius 1 is 1.73 bits per heavy atom. The van der Waals surface area contributed by atoms with E-state index in [1.807, 2.05) is 6.07 Å². The molecular weight excluding hydrogens is 162 g/mol. The van der Waals surface area contributed by atoms with E-state index in [9.17, 15) is 0 Å². The first-order chi connectivity index (χ1) is 5.31. The summed E-state index contributed by atoms with van der Waals surface area (Å²) in [4.78, 5) is 0. The molecule has 0 bridgehead atoms. The van der Waals surface area contributed by atoms with Gasteiger partial charge < -0.3 is 10.2 Å². The van der Waals surface area contributed by atoms with Crippen LogP contribution >= 0.6 is 11.6 Å². The van der Waals surface area contributed by atoms with Gasteiger partial charge in [0.1, 0.15) is 5.76 Å². The molecule has 1 heterocycles. The summed E-state index contributed by atoms with van der Waals surface area (Å²) in [5.74, 6) is 1.41. The average molecular weight is 172 g/mol. The Labute approximate surface area is 70.3 Å². The molecule has 1 aliphatic carbocycles. The van der Waals surface area contributed by atoms with Gasteiger partial charge in [-0.2, -0.15) is 0 Å². The third-order valence-electron chi connectivity index (χ3n) is 2.23. The quantitative estimate of drug-likeness (QED) is 0.701. The normalized spacial score (nSPS) is 22.2. The first kappa shape index (κ1) is 7.19. The van der Waals surface area contributed by atoms with Gasteiger partial charge in [-0.1, -0.05) is 0 Å². The lowest BCUT2D eigenvalue weighted by Crippen LogP contribution is -2.08. The second kappa shape index (κ2) is 2.54. The third-order valence-corrected chi connectivity index (χ3v) is 2.42. The van der Waals surface area contributed by atoms with Gasteiger partial charge in [0.05, 0.1) is 0 Å². The highest BCUT2D eigenvalue weighted by atomic mass is 35.5. The van der Waals surface area contributed by atoms with E-state index in [-0.39, 0.29) is 0 Å². The molecule has 2 rings (SSSR count). The van der Waals surface area contributed by atoms with Crippen LogP contribution in [0.3, 0.4) is 0 Å². The van der Waals surface area contributed by atoms with Gasteiger partial charge in [0.25, 0.3) is 0 Å². The summed E-state index contributed by atoms with van der Waals surface area (Å²) in [6, 6.07) is 1.90. The standard InChI is InChI=1S/C8H10ClNO/c9-7-3-5-1-2-6(4-10)8(5)11-7/h3,6H,1-2,4,10H2. The summed E-state index contributed by atoms with van der Waals surface area (Å²) >= 11 is 5.69. The molecule has 1 aliphatic rings. The monoisotopic (exact) mass is 171 g/mol. The fourth-order valence-electron chi connectivity index (χ4n) is 1.63. The maximum atomic E-state index is 5.69. The number of hydrogen-bond donors (Lipinski definition) is 1. The molecule has 60 valence electrons. The zero-order valence-electron chi connectivity index (χ0n) is 6.14. The van der Waals surface area contributed by atoms with Crippen molar-refractivity contribution in [3.8, 4) is 0 Å². The van der Waals surface area contributed by atoms with Crippen LogP contribution in [0.15, 0.2) is 10.5 Å². The second-order valence-electron chi connectivity index (χ2n) is 2.91. The second-order valence-corrected chi connectivity index (χ2v) is 3.28. The molecule has 0 aliphatic heterocycles. The van der Waals surface area contributed by atoms with Gasteiger partial charge in [0, 0.05) is 12.5 Å². The lowest BCUT2D eigenvalue weighted by Gasteiger charge is -2.02. The summed E-state index contributed by atoms with van der Waals surface area (Å²) in [7, 11) is 0. The molecule has 0 spiro atoms. The van der Waals surface area contributed by atoms with E-state index in [1.165, 1.54) is 5.56 Å². The minimum Gasteiger partial charge on any atom is -0.449 e. The van der Waals surface area contributed by atoms with E-state index in [1.54, 1.807) is 0 Å². The van der Waals surface area contributed by atoms with Crippen LogP contribution in [0, 0.1) is 0 Å². The van der Waals surface area contributed by atoms with E-state index in [0.717, 1.165) is 18.6 Å². The minimum atomic E-state index is 0.400. The number of hydrogen-bond acceptors (Lipinski definition) is 2. The van der Waals surface area contributed by atoms with E-state index in [0.29, 0.717) is 17.7 Å². The fraction of sp³-hybridized carbons (Fsp3) is 0.500. The van der Waals surface area contributed by atoms with Crippen molar-refractivity contribution in [1.29, 1.82) is 0 Å². The molecule has 1 aromatic heterocycles. The SMILES string of the molecule is NCC1CCc2cc(Cl)oc21. The molecule has 2 nitrogen and oxygen atoms in total. The first-order valence-electron chi connectivity index (χ1n) is 3.79. The number of halogens is 1. The van der Waals surface area contributed by atoms with Crippen LogP contribution < -0.4 is 5.73 Å². The maximum Gasteiger partial charge on any atom is 0.193 e. The molecule has 3 heteroatoms. The van der Waals surface area contributed by atoms with Crippen LogP contribution in [-0.2, 0) is 6.42 Å². The Hall–Kier alpha value is -0.470. The summed E-state index contributed by atoms with van der Waals surface area (Å²) in [6.07, 6.45) is 2.18. The Kier molecular flexibility index (Phi) is 1.66. The van der Waals surface area contributed by atoms with Gasteiger partial charge >= 0.3 is 0 Å². The van der Waals surface area contributed by atoms with E-state index in [2.05, 4.69) is 0 Å². The Morgan fingerprint density at radius 3 is 3.27 bits per heavy atom. The zero-order valence-corrected chi connectivity index (χ0v) is 6.90. The van der Waals surface area contributed by atoms with Crippen LogP contribution in [0.5, 0.6) is 0 Å². The van der Waals surface area contributed by atoms with Crippen molar-refractivity contribution in [3.05, 3.63) is 22.6 Å². The largest absolute Gasteiger partial charge is 0.449 e. The third kappa shape index (κ3) is 1.06. The molecular formula is C8H10ClNO. The summed E-state index contributed by atoms with van der Waals surface area (Å²) < 4.78 is 5.31. The molecule has 1 aromatic rings. The van der Waals surface area contributed by atoms with Crippen molar-refractivity contribution in [3.63, 3.8) is 0 Å². The predicted octanol–water partition coefficient (Wildman–Crippen LogP) is 1.92. The number of aryl methyl sites for hydroxylation is 1. The fourth-order valence-corrected chi connectivity index (χ4v) is 1.85. The Bertz CT molecular complexity index is 269. The lowest BCUT2D eigenvalue weighted by molar-refractivity contribution is 0.473. The molecule has 0 amide bonds. The van der Waals surface area contributed by atoms with E-state index < -0.39 is 0 Å². The summed E-state index contributed by atoms with van der Waals surface area (Å²) in [5.41, 5.74) is 6.80. The van der Waals surface area contributed by atoms with Crippen molar-refractivity contribution in [2.45, 2.75) is 18.8 Å². The number of furan rings is 1. The van der Waals surface area contributed by atoms with Crippen molar-refractivity contribution >= 4 is 11.6 Å². The molecule has 0 saturated carbocycles. The predicted molar refractivity (Wildman–Crippen MR) is 43.8 cm³/mol. The van der Waals surface area contributed by atoms with Crippen molar-refractivity contribution in [2.75, 3.05) is 6.54 Å². The topological polar surface area (TPSA) is 39.2 Å². The van der Waals surface area contributed by atoms with Gasteiger partial charge in [-0.05, 0) is 36.1 Å². The molecule has 0 fully saturated rings.